The first kappa shape index (κ1) is 16.0. The molecule has 3 atom stereocenters. The van der Waals surface area contributed by atoms with Gasteiger partial charge in [-0.15, -0.1) is 0 Å². The van der Waals surface area contributed by atoms with Gasteiger partial charge in [0.1, 0.15) is 18.7 Å². The molecule has 2 heterocycles. The fraction of sp³-hybridized carbons (Fsp3) is 0.600. The van der Waals surface area contributed by atoms with Crippen molar-refractivity contribution in [1.29, 1.82) is 0 Å². The molecule has 1 fully saturated rings. The first-order chi connectivity index (χ1) is 9.35. The molecular formula is C10H16N4O6. The summed E-state index contributed by atoms with van der Waals surface area (Å²) in [5.74, 6) is -0.946. The molecule has 0 aromatic carbocycles. The van der Waals surface area contributed by atoms with Crippen molar-refractivity contribution in [3.05, 3.63) is 16.8 Å². The Labute approximate surface area is 113 Å². The molecule has 0 saturated carbocycles. The average molecular weight is 288 g/mol. The van der Waals surface area contributed by atoms with Crippen molar-refractivity contribution in [2.75, 3.05) is 12.3 Å². The number of nitrogens with two attached hydrogens (primary N) is 1. The second-order valence-corrected chi connectivity index (χ2v) is 4.04. The second-order valence-electron chi connectivity index (χ2n) is 4.04. The number of aliphatic hydroxyl groups excluding tert-OH is 2. The second kappa shape index (κ2) is 6.93. The maximum atomic E-state index is 11.4. The largest absolute Gasteiger partial charge is 0.481 e. The van der Waals surface area contributed by atoms with Crippen LogP contribution in [0.1, 0.15) is 19.6 Å². The van der Waals surface area contributed by atoms with Crippen LogP contribution in [0.4, 0.5) is 5.95 Å². The standard InChI is InChI=1S/C8H12N4O4.C2H4O2/c9-7-10-3-12(8(15)11-7)6-1-4(14)5(2-13)16-6;1-2(3)4/h3-6,13-14H,1-2H2,(H2,9,11,15);1H3,(H,3,4)/t4-,5+,6+;/m0./s1. The summed E-state index contributed by atoms with van der Waals surface area (Å²) in [6.07, 6.45) is -0.741. The number of aliphatic hydroxyl groups is 2. The minimum absolute atomic E-state index is 0.112. The molecule has 1 aromatic heterocycles. The average Bonchev–Trinajstić information content (AvgIpc) is 2.69. The quantitative estimate of drug-likeness (QED) is 0.480. The first-order valence-corrected chi connectivity index (χ1v) is 5.69. The van der Waals surface area contributed by atoms with Crippen LogP contribution < -0.4 is 11.4 Å². The van der Waals surface area contributed by atoms with E-state index in [0.717, 1.165) is 11.5 Å². The lowest BCUT2D eigenvalue weighted by molar-refractivity contribution is -0.134. The summed E-state index contributed by atoms with van der Waals surface area (Å²) in [4.78, 5) is 27.5. The van der Waals surface area contributed by atoms with Crippen molar-refractivity contribution in [2.45, 2.75) is 31.8 Å². The maximum Gasteiger partial charge on any atom is 0.354 e. The van der Waals surface area contributed by atoms with Gasteiger partial charge >= 0.3 is 5.69 Å². The van der Waals surface area contributed by atoms with E-state index in [0.29, 0.717) is 0 Å². The fourth-order valence-corrected chi connectivity index (χ4v) is 1.60. The van der Waals surface area contributed by atoms with Crippen LogP contribution in [-0.4, -0.2) is 54.6 Å². The molecule has 112 valence electrons. The number of carboxylic acid groups (broad SMARTS) is 1. The maximum absolute atomic E-state index is 11.4. The van der Waals surface area contributed by atoms with Crippen molar-refractivity contribution in [1.82, 2.24) is 14.5 Å². The van der Waals surface area contributed by atoms with E-state index >= 15 is 0 Å². The molecule has 2 rings (SSSR count). The Balaban J connectivity index is 0.000000444. The minimum atomic E-state index is -0.833. The van der Waals surface area contributed by atoms with Crippen LogP contribution in [0.5, 0.6) is 0 Å². The van der Waals surface area contributed by atoms with Gasteiger partial charge in [0.15, 0.2) is 0 Å². The van der Waals surface area contributed by atoms with Gasteiger partial charge in [0.25, 0.3) is 5.97 Å². The zero-order valence-electron chi connectivity index (χ0n) is 10.7. The fourth-order valence-electron chi connectivity index (χ4n) is 1.60. The molecule has 10 heteroatoms. The Hall–Kier alpha value is -2.04. The summed E-state index contributed by atoms with van der Waals surface area (Å²) < 4.78 is 6.41. The van der Waals surface area contributed by atoms with Gasteiger partial charge in [0.05, 0.1) is 12.7 Å². The predicted molar refractivity (Wildman–Crippen MR) is 65.6 cm³/mol. The number of hydrogen-bond donors (Lipinski definition) is 4. The molecule has 1 aromatic rings. The topological polar surface area (TPSA) is 161 Å². The Morgan fingerprint density at radius 3 is 2.70 bits per heavy atom. The lowest BCUT2D eigenvalue weighted by Gasteiger charge is -2.13. The highest BCUT2D eigenvalue weighted by molar-refractivity contribution is 5.62. The summed E-state index contributed by atoms with van der Waals surface area (Å²) in [7, 11) is 0. The van der Waals surface area contributed by atoms with E-state index in [9.17, 15) is 9.90 Å². The van der Waals surface area contributed by atoms with E-state index in [1.807, 2.05) is 0 Å². The van der Waals surface area contributed by atoms with Gasteiger partial charge in [-0.25, -0.2) is 9.78 Å². The molecule has 1 saturated heterocycles. The van der Waals surface area contributed by atoms with Gasteiger partial charge in [-0.2, -0.15) is 4.98 Å². The van der Waals surface area contributed by atoms with E-state index in [1.165, 1.54) is 6.33 Å². The number of rotatable bonds is 2. The monoisotopic (exact) mass is 288 g/mol. The molecule has 0 aliphatic carbocycles. The number of carboxylic acids is 1. The Kier molecular flexibility index (Phi) is 5.55. The third-order valence-electron chi connectivity index (χ3n) is 2.44. The zero-order chi connectivity index (χ0) is 15.3. The molecule has 0 radical (unpaired) electrons. The van der Waals surface area contributed by atoms with E-state index in [1.54, 1.807) is 0 Å². The van der Waals surface area contributed by atoms with Crippen LogP contribution in [-0.2, 0) is 9.53 Å². The normalized spacial score (nSPS) is 24.9. The van der Waals surface area contributed by atoms with Gasteiger partial charge in [-0.3, -0.25) is 9.36 Å². The number of nitrogens with zero attached hydrogens (tertiary/aromatic N) is 3. The van der Waals surface area contributed by atoms with Crippen molar-refractivity contribution in [2.24, 2.45) is 0 Å². The Bertz CT molecular complexity index is 515. The summed E-state index contributed by atoms with van der Waals surface area (Å²) in [6, 6.07) is 0. The molecule has 0 amide bonds. The molecule has 1 aliphatic heterocycles. The van der Waals surface area contributed by atoms with Crippen molar-refractivity contribution in [3.63, 3.8) is 0 Å². The molecule has 0 bridgehead atoms. The number of hydrogen-bond acceptors (Lipinski definition) is 8. The molecule has 20 heavy (non-hydrogen) atoms. The third kappa shape index (κ3) is 4.26. The minimum Gasteiger partial charge on any atom is -0.481 e. The number of aliphatic carboxylic acids is 1. The molecule has 0 unspecified atom stereocenters. The highest BCUT2D eigenvalue weighted by Gasteiger charge is 2.35. The first-order valence-electron chi connectivity index (χ1n) is 5.69. The van der Waals surface area contributed by atoms with Crippen LogP contribution in [0.2, 0.25) is 0 Å². The van der Waals surface area contributed by atoms with Crippen LogP contribution in [0.15, 0.2) is 11.1 Å². The van der Waals surface area contributed by atoms with E-state index < -0.39 is 30.1 Å². The van der Waals surface area contributed by atoms with Crippen LogP contribution in [0.25, 0.3) is 0 Å². The highest BCUT2D eigenvalue weighted by atomic mass is 16.5. The summed E-state index contributed by atoms with van der Waals surface area (Å²) in [5.41, 5.74) is 4.65. The van der Waals surface area contributed by atoms with Crippen LogP contribution in [0.3, 0.4) is 0 Å². The van der Waals surface area contributed by atoms with Gasteiger partial charge in [-0.05, 0) is 0 Å². The summed E-state index contributed by atoms with van der Waals surface area (Å²) in [5, 5.41) is 25.8. The molecular weight excluding hydrogens is 272 g/mol. The van der Waals surface area contributed by atoms with E-state index in [4.69, 9.17) is 25.5 Å². The van der Waals surface area contributed by atoms with Gasteiger partial charge in [-0.1, -0.05) is 0 Å². The van der Waals surface area contributed by atoms with E-state index in [-0.39, 0.29) is 19.0 Å². The lowest BCUT2D eigenvalue weighted by Crippen LogP contribution is -2.28. The SMILES string of the molecule is CC(=O)O.Nc1ncn([C@H]2C[C@H](O)[C@@H](CO)O2)c(=O)n1. The number of nitrogen functional groups attached to an aromatic ring is 1. The lowest BCUT2D eigenvalue weighted by atomic mass is 10.2. The number of anilines is 1. The van der Waals surface area contributed by atoms with Crippen molar-refractivity contribution < 1.29 is 24.9 Å². The Morgan fingerprint density at radius 2 is 2.25 bits per heavy atom. The number of aromatic nitrogens is 3. The molecule has 1 aliphatic rings. The molecule has 0 spiro atoms. The van der Waals surface area contributed by atoms with Crippen molar-refractivity contribution in [3.8, 4) is 0 Å². The predicted octanol–water partition coefficient (Wildman–Crippen LogP) is -2.05. The summed E-state index contributed by atoms with van der Waals surface area (Å²) in [6.45, 7) is 0.780. The zero-order valence-corrected chi connectivity index (χ0v) is 10.7. The third-order valence-corrected chi connectivity index (χ3v) is 2.44. The molecule has 5 N–H and O–H groups in total. The summed E-state index contributed by atoms with van der Waals surface area (Å²) >= 11 is 0. The smallest absolute Gasteiger partial charge is 0.354 e. The van der Waals surface area contributed by atoms with Crippen LogP contribution >= 0.6 is 0 Å². The van der Waals surface area contributed by atoms with Gasteiger partial charge in [0, 0.05) is 13.3 Å². The molecule has 10 nitrogen and oxygen atoms in total. The van der Waals surface area contributed by atoms with Gasteiger partial charge < -0.3 is 25.8 Å². The number of ether oxygens (including phenoxy) is 1. The number of carbonyl (C=O) groups is 1. The van der Waals surface area contributed by atoms with Gasteiger partial charge in [0.2, 0.25) is 5.95 Å². The van der Waals surface area contributed by atoms with Crippen LogP contribution in [0, 0.1) is 0 Å². The highest BCUT2D eigenvalue weighted by Crippen LogP contribution is 2.26. The Morgan fingerprint density at radius 1 is 1.65 bits per heavy atom. The van der Waals surface area contributed by atoms with E-state index in [2.05, 4.69) is 9.97 Å². The van der Waals surface area contributed by atoms with Crippen molar-refractivity contribution >= 4 is 11.9 Å².